The Labute approximate surface area is 127 Å². The molecule has 0 spiro atoms. The summed E-state index contributed by atoms with van der Waals surface area (Å²) in [4.78, 5) is 37.0. The quantitative estimate of drug-likeness (QED) is 0.879. The zero-order valence-corrected chi connectivity index (χ0v) is 12.5. The fraction of sp³-hybridized carbons (Fsp3) is 0.467. The standard InChI is InChI=1S/C15H18N4O3/c1-15(2)5-3-9(14(21)22)7-19(15)13(20)11-10-4-6-16-12(10)18-8-17-11/h4,6,8-9H,3,5,7H2,1-2H3,(H,21,22)(H,16,17,18)/t9-/m0/s1. The van der Waals surface area contributed by atoms with E-state index in [2.05, 4.69) is 15.0 Å². The molecule has 22 heavy (non-hydrogen) atoms. The monoisotopic (exact) mass is 302 g/mol. The molecule has 0 aliphatic carbocycles. The highest BCUT2D eigenvalue weighted by Gasteiger charge is 2.40. The number of rotatable bonds is 2. The van der Waals surface area contributed by atoms with Crippen molar-refractivity contribution in [2.24, 2.45) is 5.92 Å². The molecule has 1 aliphatic rings. The molecule has 2 aromatic rings. The van der Waals surface area contributed by atoms with Gasteiger partial charge in [0.05, 0.1) is 11.3 Å². The number of hydrogen-bond donors (Lipinski definition) is 2. The van der Waals surface area contributed by atoms with Crippen LogP contribution in [0.4, 0.5) is 0 Å². The van der Waals surface area contributed by atoms with E-state index in [4.69, 9.17) is 0 Å². The minimum Gasteiger partial charge on any atom is -0.481 e. The number of likely N-dealkylation sites (tertiary alicyclic amines) is 1. The number of carboxylic acids is 1. The molecule has 1 fully saturated rings. The zero-order chi connectivity index (χ0) is 15.9. The molecule has 2 N–H and O–H groups in total. The number of nitrogens with one attached hydrogen (secondary N) is 1. The lowest BCUT2D eigenvalue weighted by atomic mass is 9.84. The lowest BCUT2D eigenvalue weighted by Crippen LogP contribution is -2.54. The zero-order valence-electron chi connectivity index (χ0n) is 12.5. The van der Waals surface area contributed by atoms with Gasteiger partial charge in [0.15, 0.2) is 0 Å². The van der Waals surface area contributed by atoms with Crippen LogP contribution in [0.25, 0.3) is 11.0 Å². The molecular weight excluding hydrogens is 284 g/mol. The van der Waals surface area contributed by atoms with Crippen molar-refractivity contribution in [3.8, 4) is 0 Å². The molecule has 0 saturated carbocycles. The summed E-state index contributed by atoms with van der Waals surface area (Å²) in [5.41, 5.74) is 0.518. The van der Waals surface area contributed by atoms with E-state index >= 15 is 0 Å². The van der Waals surface area contributed by atoms with Crippen LogP contribution in [0.15, 0.2) is 18.6 Å². The molecule has 7 nitrogen and oxygen atoms in total. The van der Waals surface area contributed by atoms with Crippen LogP contribution in [0.2, 0.25) is 0 Å². The van der Waals surface area contributed by atoms with E-state index in [1.54, 1.807) is 17.2 Å². The van der Waals surface area contributed by atoms with E-state index in [-0.39, 0.29) is 12.5 Å². The van der Waals surface area contributed by atoms with Crippen molar-refractivity contribution in [1.29, 1.82) is 0 Å². The first-order valence-electron chi connectivity index (χ1n) is 7.23. The van der Waals surface area contributed by atoms with Gasteiger partial charge in [-0.3, -0.25) is 9.59 Å². The van der Waals surface area contributed by atoms with Crippen LogP contribution in [-0.2, 0) is 4.79 Å². The van der Waals surface area contributed by atoms with Crippen molar-refractivity contribution in [2.45, 2.75) is 32.2 Å². The number of aromatic amines is 1. The van der Waals surface area contributed by atoms with Crippen molar-refractivity contribution in [2.75, 3.05) is 6.54 Å². The summed E-state index contributed by atoms with van der Waals surface area (Å²) in [5, 5.41) is 9.90. The fourth-order valence-electron chi connectivity index (χ4n) is 2.95. The van der Waals surface area contributed by atoms with Crippen LogP contribution in [-0.4, -0.2) is 48.9 Å². The Morgan fingerprint density at radius 2 is 2.18 bits per heavy atom. The van der Waals surface area contributed by atoms with E-state index in [1.807, 2.05) is 13.8 Å². The maximum atomic E-state index is 12.9. The summed E-state index contributed by atoms with van der Waals surface area (Å²) in [6.45, 7) is 4.12. The number of fused-ring (bicyclic) bond motifs is 1. The summed E-state index contributed by atoms with van der Waals surface area (Å²) < 4.78 is 0. The second-order valence-electron chi connectivity index (χ2n) is 6.26. The fourth-order valence-corrected chi connectivity index (χ4v) is 2.95. The molecule has 1 aliphatic heterocycles. The highest BCUT2D eigenvalue weighted by Crippen LogP contribution is 2.32. The Balaban J connectivity index is 1.98. The van der Waals surface area contributed by atoms with Crippen LogP contribution in [0, 0.1) is 5.92 Å². The Morgan fingerprint density at radius 1 is 1.41 bits per heavy atom. The van der Waals surface area contributed by atoms with Gasteiger partial charge in [0.2, 0.25) is 0 Å². The molecule has 1 amide bonds. The molecule has 0 bridgehead atoms. The number of aliphatic carboxylic acids is 1. The Hall–Kier alpha value is -2.44. The summed E-state index contributed by atoms with van der Waals surface area (Å²) in [7, 11) is 0. The average Bonchev–Trinajstić information content (AvgIpc) is 2.94. The molecule has 1 saturated heterocycles. The average molecular weight is 302 g/mol. The normalized spacial score (nSPS) is 21.0. The van der Waals surface area contributed by atoms with Gasteiger partial charge in [0.25, 0.3) is 5.91 Å². The number of H-pyrrole nitrogens is 1. The van der Waals surface area contributed by atoms with Gasteiger partial charge in [-0.2, -0.15) is 0 Å². The van der Waals surface area contributed by atoms with Crippen molar-refractivity contribution in [3.05, 3.63) is 24.3 Å². The van der Waals surface area contributed by atoms with Crippen LogP contribution < -0.4 is 0 Å². The predicted octanol–water partition coefficient (Wildman–Crippen LogP) is 1.67. The van der Waals surface area contributed by atoms with Crippen molar-refractivity contribution >= 4 is 22.9 Å². The van der Waals surface area contributed by atoms with Crippen LogP contribution in [0.3, 0.4) is 0 Å². The van der Waals surface area contributed by atoms with Gasteiger partial charge < -0.3 is 15.0 Å². The molecule has 116 valence electrons. The largest absolute Gasteiger partial charge is 0.481 e. The number of carbonyl (C=O) groups is 2. The minimum absolute atomic E-state index is 0.205. The van der Waals surface area contributed by atoms with Gasteiger partial charge in [-0.1, -0.05) is 0 Å². The third kappa shape index (κ3) is 2.32. The van der Waals surface area contributed by atoms with Gasteiger partial charge in [-0.15, -0.1) is 0 Å². The topological polar surface area (TPSA) is 99.2 Å². The molecule has 3 rings (SSSR count). The van der Waals surface area contributed by atoms with Gasteiger partial charge >= 0.3 is 5.97 Å². The smallest absolute Gasteiger partial charge is 0.308 e. The highest BCUT2D eigenvalue weighted by atomic mass is 16.4. The molecule has 0 radical (unpaired) electrons. The second-order valence-corrected chi connectivity index (χ2v) is 6.26. The van der Waals surface area contributed by atoms with Gasteiger partial charge in [-0.25, -0.2) is 9.97 Å². The lowest BCUT2D eigenvalue weighted by Gasteiger charge is -2.44. The van der Waals surface area contributed by atoms with E-state index in [1.165, 1.54) is 6.33 Å². The lowest BCUT2D eigenvalue weighted by molar-refractivity contribution is -0.144. The third-order valence-corrected chi connectivity index (χ3v) is 4.39. The molecule has 2 aromatic heterocycles. The summed E-state index contributed by atoms with van der Waals surface area (Å²) >= 11 is 0. The first-order valence-corrected chi connectivity index (χ1v) is 7.23. The second kappa shape index (κ2) is 5.08. The number of aromatic nitrogens is 3. The van der Waals surface area contributed by atoms with E-state index in [0.717, 1.165) is 0 Å². The Kier molecular flexibility index (Phi) is 3.35. The number of piperidine rings is 1. The van der Waals surface area contributed by atoms with E-state index in [0.29, 0.717) is 29.6 Å². The Bertz CT molecular complexity index is 737. The number of carbonyl (C=O) groups excluding carboxylic acids is 1. The predicted molar refractivity (Wildman–Crippen MR) is 79.4 cm³/mol. The maximum Gasteiger partial charge on any atom is 0.308 e. The van der Waals surface area contributed by atoms with Crippen LogP contribution in [0.1, 0.15) is 37.2 Å². The van der Waals surface area contributed by atoms with Crippen molar-refractivity contribution in [1.82, 2.24) is 19.9 Å². The van der Waals surface area contributed by atoms with E-state index < -0.39 is 17.4 Å². The Morgan fingerprint density at radius 3 is 2.91 bits per heavy atom. The SMILES string of the molecule is CC1(C)CC[C@H](C(=O)O)CN1C(=O)c1ncnc2[nH]ccc12. The number of carboxylic acid groups (broad SMARTS) is 1. The number of nitrogens with zero attached hydrogens (tertiary/aromatic N) is 3. The van der Waals surface area contributed by atoms with Crippen molar-refractivity contribution in [3.63, 3.8) is 0 Å². The van der Waals surface area contributed by atoms with Crippen molar-refractivity contribution < 1.29 is 14.7 Å². The van der Waals surface area contributed by atoms with Gasteiger partial charge in [0, 0.05) is 18.3 Å². The number of amides is 1. The van der Waals surface area contributed by atoms with E-state index in [9.17, 15) is 14.7 Å². The van der Waals surface area contributed by atoms with Gasteiger partial charge in [-0.05, 0) is 32.8 Å². The summed E-state index contributed by atoms with van der Waals surface area (Å²) in [5.74, 6) is -1.63. The molecular formula is C15H18N4O3. The van der Waals surface area contributed by atoms with Gasteiger partial charge in [0.1, 0.15) is 17.7 Å². The number of hydrogen-bond acceptors (Lipinski definition) is 4. The summed E-state index contributed by atoms with van der Waals surface area (Å²) in [6, 6.07) is 1.76. The van der Waals surface area contributed by atoms with Crippen LogP contribution >= 0.6 is 0 Å². The third-order valence-electron chi connectivity index (χ3n) is 4.39. The first-order chi connectivity index (χ1) is 10.4. The minimum atomic E-state index is -0.859. The summed E-state index contributed by atoms with van der Waals surface area (Å²) in [6.07, 6.45) is 4.28. The molecule has 0 aromatic carbocycles. The molecule has 1 atom stereocenters. The molecule has 0 unspecified atom stereocenters. The highest BCUT2D eigenvalue weighted by molar-refractivity contribution is 6.04. The maximum absolute atomic E-state index is 12.9. The molecule has 7 heteroatoms. The molecule has 3 heterocycles. The van der Waals surface area contributed by atoms with Crippen LogP contribution in [0.5, 0.6) is 0 Å². The first kappa shape index (κ1) is 14.5.